The van der Waals surface area contributed by atoms with Crippen molar-refractivity contribution in [3.8, 4) is 6.01 Å². The summed E-state index contributed by atoms with van der Waals surface area (Å²) in [5.41, 5.74) is 4.82. The molecular formula is C23H30N6O. The molecule has 0 spiro atoms. The van der Waals surface area contributed by atoms with Crippen molar-refractivity contribution in [3.05, 3.63) is 65.5 Å². The third kappa shape index (κ3) is 6.02. The van der Waals surface area contributed by atoms with Crippen LogP contribution in [0.4, 0.5) is 0 Å². The molecule has 3 rings (SSSR count). The second-order valence-electron chi connectivity index (χ2n) is 8.08. The maximum absolute atomic E-state index is 5.77. The molecule has 0 aliphatic heterocycles. The van der Waals surface area contributed by atoms with Crippen molar-refractivity contribution in [2.24, 2.45) is 0 Å². The van der Waals surface area contributed by atoms with E-state index in [0.717, 1.165) is 41.3 Å². The van der Waals surface area contributed by atoms with Gasteiger partial charge < -0.3 is 4.74 Å². The van der Waals surface area contributed by atoms with Gasteiger partial charge in [0.1, 0.15) is 0 Å². The van der Waals surface area contributed by atoms with Gasteiger partial charge in [0.25, 0.3) is 0 Å². The Bertz CT molecular complexity index is 962. The molecule has 30 heavy (non-hydrogen) atoms. The van der Waals surface area contributed by atoms with Crippen LogP contribution < -0.4 is 4.74 Å². The van der Waals surface area contributed by atoms with Crippen LogP contribution in [0.2, 0.25) is 0 Å². The molecule has 7 nitrogen and oxygen atoms in total. The van der Waals surface area contributed by atoms with Gasteiger partial charge in [0.15, 0.2) is 0 Å². The molecule has 2 unspecified atom stereocenters. The number of ether oxygens (including phenoxy) is 1. The average Bonchev–Trinajstić information content (AvgIpc) is 2.74. The zero-order chi connectivity index (χ0) is 21.5. The fourth-order valence-corrected chi connectivity index (χ4v) is 3.12. The van der Waals surface area contributed by atoms with Crippen molar-refractivity contribution >= 4 is 0 Å². The fourth-order valence-electron chi connectivity index (χ4n) is 3.12. The third-order valence-corrected chi connectivity index (χ3v) is 5.03. The summed E-state index contributed by atoms with van der Waals surface area (Å²) in [6.07, 6.45) is 10.6. The SMILES string of the molecule is Cc1cncc(C(C)Cc2cncc(C(C)CCOc3nccc(C(C)C)n3)n2)n1. The van der Waals surface area contributed by atoms with E-state index >= 15 is 0 Å². The lowest BCUT2D eigenvalue weighted by atomic mass is 10.0. The second kappa shape index (κ2) is 10.2. The molecule has 158 valence electrons. The highest BCUT2D eigenvalue weighted by Crippen LogP contribution is 2.21. The van der Waals surface area contributed by atoms with Crippen LogP contribution in [0.15, 0.2) is 37.1 Å². The molecule has 0 aromatic carbocycles. The summed E-state index contributed by atoms with van der Waals surface area (Å²) < 4.78 is 5.77. The molecule has 0 saturated heterocycles. The van der Waals surface area contributed by atoms with E-state index in [2.05, 4.69) is 52.6 Å². The molecule has 0 saturated carbocycles. The summed E-state index contributed by atoms with van der Waals surface area (Å²) in [5.74, 6) is 0.797. The molecule has 7 heteroatoms. The Morgan fingerprint density at radius 1 is 0.833 bits per heavy atom. The Morgan fingerprint density at radius 3 is 2.30 bits per heavy atom. The van der Waals surface area contributed by atoms with Gasteiger partial charge in [0.05, 0.1) is 35.1 Å². The standard InChI is InChI=1S/C23H30N6O/c1-15(2)20-6-8-26-23(29-20)30-9-7-16(3)21-13-25-12-19(28-21)10-17(4)22-14-24-11-18(5)27-22/h6,8,11-17H,7,9-10H2,1-5H3. The Morgan fingerprint density at radius 2 is 1.57 bits per heavy atom. The number of nitrogens with zero attached hydrogens (tertiary/aromatic N) is 6. The van der Waals surface area contributed by atoms with Gasteiger partial charge in [-0.05, 0) is 31.7 Å². The van der Waals surface area contributed by atoms with E-state index in [1.165, 1.54) is 0 Å². The van der Waals surface area contributed by atoms with Crippen LogP contribution in [0.1, 0.15) is 80.3 Å². The normalized spacial score (nSPS) is 13.3. The topological polar surface area (TPSA) is 86.6 Å². The zero-order valence-electron chi connectivity index (χ0n) is 18.4. The molecule has 0 aliphatic carbocycles. The van der Waals surface area contributed by atoms with Gasteiger partial charge in [-0.1, -0.05) is 27.7 Å². The van der Waals surface area contributed by atoms with Gasteiger partial charge in [-0.3, -0.25) is 19.9 Å². The lowest BCUT2D eigenvalue weighted by Gasteiger charge is -2.14. The Balaban J connectivity index is 1.56. The van der Waals surface area contributed by atoms with E-state index in [4.69, 9.17) is 9.72 Å². The Kier molecular flexibility index (Phi) is 7.38. The summed E-state index contributed by atoms with van der Waals surface area (Å²) >= 11 is 0. The van der Waals surface area contributed by atoms with E-state index in [-0.39, 0.29) is 11.8 Å². The summed E-state index contributed by atoms with van der Waals surface area (Å²) in [4.78, 5) is 26.7. The average molecular weight is 407 g/mol. The smallest absolute Gasteiger partial charge is 0.316 e. The van der Waals surface area contributed by atoms with E-state index < -0.39 is 0 Å². The van der Waals surface area contributed by atoms with Gasteiger partial charge in [-0.25, -0.2) is 9.97 Å². The number of aryl methyl sites for hydroxylation is 1. The molecule has 3 aromatic heterocycles. The minimum Gasteiger partial charge on any atom is -0.463 e. The van der Waals surface area contributed by atoms with Crippen molar-refractivity contribution in [1.29, 1.82) is 0 Å². The molecule has 0 bridgehead atoms. The van der Waals surface area contributed by atoms with Gasteiger partial charge in [0.2, 0.25) is 0 Å². The number of aromatic nitrogens is 6. The second-order valence-corrected chi connectivity index (χ2v) is 8.08. The minimum atomic E-state index is 0.222. The highest BCUT2D eigenvalue weighted by atomic mass is 16.5. The predicted octanol–water partition coefficient (Wildman–Crippen LogP) is 4.41. The van der Waals surface area contributed by atoms with Crippen LogP contribution in [-0.2, 0) is 6.42 Å². The predicted molar refractivity (Wildman–Crippen MR) is 116 cm³/mol. The molecule has 3 heterocycles. The van der Waals surface area contributed by atoms with Crippen molar-refractivity contribution < 1.29 is 4.74 Å². The molecular weight excluding hydrogens is 376 g/mol. The first-order valence-corrected chi connectivity index (χ1v) is 10.5. The maximum Gasteiger partial charge on any atom is 0.316 e. The van der Waals surface area contributed by atoms with Crippen LogP contribution in [0.3, 0.4) is 0 Å². The molecule has 0 aliphatic rings. The molecule has 0 fully saturated rings. The third-order valence-electron chi connectivity index (χ3n) is 5.03. The highest BCUT2D eigenvalue weighted by molar-refractivity contribution is 5.13. The zero-order valence-corrected chi connectivity index (χ0v) is 18.4. The molecule has 2 atom stereocenters. The van der Waals surface area contributed by atoms with Gasteiger partial charge in [0, 0.05) is 42.8 Å². The highest BCUT2D eigenvalue weighted by Gasteiger charge is 2.14. The lowest BCUT2D eigenvalue weighted by molar-refractivity contribution is 0.276. The van der Waals surface area contributed by atoms with Crippen molar-refractivity contribution in [2.75, 3.05) is 6.61 Å². The number of hydrogen-bond donors (Lipinski definition) is 0. The molecule has 3 aromatic rings. The monoisotopic (exact) mass is 406 g/mol. The van der Waals surface area contributed by atoms with Crippen molar-refractivity contribution in [2.45, 2.75) is 65.2 Å². The summed E-state index contributed by atoms with van der Waals surface area (Å²) in [7, 11) is 0. The van der Waals surface area contributed by atoms with E-state index in [1.807, 2.05) is 31.6 Å². The lowest BCUT2D eigenvalue weighted by Crippen LogP contribution is -2.10. The van der Waals surface area contributed by atoms with Gasteiger partial charge in [-0.2, -0.15) is 0 Å². The number of hydrogen-bond acceptors (Lipinski definition) is 7. The van der Waals surface area contributed by atoms with Gasteiger partial charge >= 0.3 is 6.01 Å². The summed E-state index contributed by atoms with van der Waals surface area (Å²) in [6.45, 7) is 11.0. The van der Waals surface area contributed by atoms with E-state index in [0.29, 0.717) is 18.5 Å². The van der Waals surface area contributed by atoms with Crippen molar-refractivity contribution in [3.63, 3.8) is 0 Å². The largest absolute Gasteiger partial charge is 0.463 e. The van der Waals surface area contributed by atoms with Crippen LogP contribution in [0.25, 0.3) is 0 Å². The Labute approximate surface area is 178 Å². The van der Waals surface area contributed by atoms with E-state index in [9.17, 15) is 0 Å². The van der Waals surface area contributed by atoms with Crippen LogP contribution in [0, 0.1) is 6.92 Å². The van der Waals surface area contributed by atoms with E-state index in [1.54, 1.807) is 12.4 Å². The maximum atomic E-state index is 5.77. The van der Waals surface area contributed by atoms with Crippen LogP contribution in [0.5, 0.6) is 6.01 Å². The molecule has 0 N–H and O–H groups in total. The first-order chi connectivity index (χ1) is 14.4. The summed E-state index contributed by atoms with van der Waals surface area (Å²) in [6, 6.07) is 2.35. The molecule has 0 radical (unpaired) electrons. The molecule has 0 amide bonds. The number of rotatable bonds is 9. The summed E-state index contributed by atoms with van der Waals surface area (Å²) in [5, 5.41) is 0. The first kappa shape index (κ1) is 21.7. The van der Waals surface area contributed by atoms with Crippen LogP contribution >= 0.6 is 0 Å². The fraction of sp³-hybridized carbons (Fsp3) is 0.478. The first-order valence-electron chi connectivity index (χ1n) is 10.5. The van der Waals surface area contributed by atoms with Crippen LogP contribution in [-0.4, -0.2) is 36.5 Å². The minimum absolute atomic E-state index is 0.222. The quantitative estimate of drug-likeness (QED) is 0.520. The Hall–Kier alpha value is -2.96. The van der Waals surface area contributed by atoms with Crippen molar-refractivity contribution in [1.82, 2.24) is 29.9 Å². The van der Waals surface area contributed by atoms with Gasteiger partial charge in [-0.15, -0.1) is 0 Å².